The van der Waals surface area contributed by atoms with Crippen LogP contribution in [0.5, 0.6) is 0 Å². The molecule has 9 heteroatoms. The molecule has 150 valence electrons. The maximum atomic E-state index is 13.6. The van der Waals surface area contributed by atoms with Crippen LogP contribution in [0.4, 0.5) is 8.78 Å². The number of rotatable bonds is 9. The second-order valence-corrected chi connectivity index (χ2v) is 6.84. The molecule has 0 spiro atoms. The summed E-state index contributed by atoms with van der Waals surface area (Å²) >= 11 is 1.30. The summed E-state index contributed by atoms with van der Waals surface area (Å²) in [7, 11) is 0. The first-order valence-electron chi connectivity index (χ1n) is 8.52. The topological polar surface area (TPSA) is 94.9 Å². The largest absolute Gasteiger partial charge is 0.347 e. The molecule has 0 aliphatic heterocycles. The van der Waals surface area contributed by atoms with Crippen molar-refractivity contribution in [3.8, 4) is 6.07 Å². The number of hydrogen-bond donors (Lipinski definition) is 2. The van der Waals surface area contributed by atoms with Crippen LogP contribution in [0.3, 0.4) is 0 Å². The van der Waals surface area contributed by atoms with E-state index in [0.29, 0.717) is 21.7 Å². The second kappa shape index (κ2) is 10.8. The minimum absolute atomic E-state index is 0.00176. The summed E-state index contributed by atoms with van der Waals surface area (Å²) in [6.07, 6.45) is 3.49. The first kappa shape index (κ1) is 21.9. The van der Waals surface area contributed by atoms with E-state index in [-0.39, 0.29) is 25.4 Å². The van der Waals surface area contributed by atoms with Gasteiger partial charge in [-0.3, -0.25) is 9.59 Å². The molecule has 2 amide bonds. The van der Waals surface area contributed by atoms with Gasteiger partial charge in [0.1, 0.15) is 24.1 Å². The van der Waals surface area contributed by atoms with E-state index in [0.717, 1.165) is 10.8 Å². The van der Waals surface area contributed by atoms with E-state index in [1.54, 1.807) is 24.3 Å². The number of allylic oxidation sites excluding steroid dienone is 5. The zero-order chi connectivity index (χ0) is 21.2. The van der Waals surface area contributed by atoms with E-state index in [9.17, 15) is 18.4 Å². The maximum absolute atomic E-state index is 13.6. The average Bonchev–Trinajstić information content (AvgIpc) is 3.10. The first-order valence-corrected chi connectivity index (χ1v) is 9.34. The van der Waals surface area contributed by atoms with Gasteiger partial charge in [0.25, 0.3) is 0 Å². The van der Waals surface area contributed by atoms with Crippen LogP contribution in [0, 0.1) is 11.3 Å². The van der Waals surface area contributed by atoms with Crippen molar-refractivity contribution in [2.24, 2.45) is 0 Å². The van der Waals surface area contributed by atoms with Gasteiger partial charge >= 0.3 is 0 Å². The molecule has 0 aliphatic carbocycles. The zero-order valence-electron chi connectivity index (χ0n) is 15.4. The van der Waals surface area contributed by atoms with Crippen molar-refractivity contribution in [2.75, 3.05) is 19.8 Å². The molecule has 0 saturated carbocycles. The lowest BCUT2D eigenvalue weighted by Crippen LogP contribution is -2.37. The Kier molecular flexibility index (Phi) is 8.18. The second-order valence-electron chi connectivity index (χ2n) is 5.73. The normalized spacial score (nSPS) is 11.8. The number of fused-ring (bicyclic) bond motifs is 1. The lowest BCUT2D eigenvalue weighted by Gasteiger charge is -2.03. The number of nitriles is 1. The van der Waals surface area contributed by atoms with E-state index < -0.39 is 18.4 Å². The number of carbonyl (C=O) groups is 2. The molecule has 1 aromatic carbocycles. The van der Waals surface area contributed by atoms with Gasteiger partial charge in [-0.25, -0.2) is 13.8 Å². The average molecular weight is 416 g/mol. The summed E-state index contributed by atoms with van der Waals surface area (Å²) in [6.45, 7) is 2.42. The van der Waals surface area contributed by atoms with Crippen LogP contribution in [0.1, 0.15) is 10.6 Å². The quantitative estimate of drug-likeness (QED) is 0.485. The molecule has 1 aromatic heterocycles. The number of nitrogens with one attached hydrogen (secondary N) is 2. The van der Waals surface area contributed by atoms with E-state index in [1.165, 1.54) is 23.5 Å². The maximum Gasteiger partial charge on any atom is 0.240 e. The molecule has 2 rings (SSSR count). The molecule has 0 atom stereocenters. The van der Waals surface area contributed by atoms with Crippen LogP contribution in [0.2, 0.25) is 0 Å². The summed E-state index contributed by atoms with van der Waals surface area (Å²) < 4.78 is 26.6. The van der Waals surface area contributed by atoms with E-state index in [1.807, 2.05) is 0 Å². The van der Waals surface area contributed by atoms with Gasteiger partial charge in [-0.15, -0.1) is 11.3 Å². The molecular formula is C20H18F2N4O2S. The van der Waals surface area contributed by atoms with Crippen molar-refractivity contribution in [1.29, 1.82) is 5.26 Å². The number of aromatic nitrogens is 1. The number of amides is 2. The van der Waals surface area contributed by atoms with Gasteiger partial charge in [-0.05, 0) is 35.4 Å². The fourth-order valence-corrected chi connectivity index (χ4v) is 3.35. The number of nitrogens with zero attached hydrogens (tertiary/aromatic N) is 2. The molecule has 0 saturated heterocycles. The van der Waals surface area contributed by atoms with E-state index >= 15 is 0 Å². The van der Waals surface area contributed by atoms with Crippen molar-refractivity contribution >= 4 is 38.9 Å². The van der Waals surface area contributed by atoms with E-state index in [2.05, 4.69) is 22.2 Å². The highest BCUT2D eigenvalue weighted by Crippen LogP contribution is 2.27. The molecule has 29 heavy (non-hydrogen) atoms. The van der Waals surface area contributed by atoms with E-state index in [4.69, 9.17) is 5.26 Å². The Morgan fingerprint density at radius 2 is 2.10 bits per heavy atom. The highest BCUT2D eigenvalue weighted by Gasteiger charge is 2.11. The predicted molar refractivity (Wildman–Crippen MR) is 108 cm³/mol. The van der Waals surface area contributed by atoms with Gasteiger partial charge in [0.15, 0.2) is 0 Å². The fourth-order valence-electron chi connectivity index (χ4n) is 2.35. The van der Waals surface area contributed by atoms with Crippen LogP contribution in [-0.4, -0.2) is 36.6 Å². The minimum atomic E-state index is -0.897. The SMILES string of the molecule is C=C/C(=C\C(F)=C/CF)c1ccc2nc(CC(=O)NCC(=O)NCC#N)sc2c1. The summed E-state index contributed by atoms with van der Waals surface area (Å²) in [4.78, 5) is 27.8. The van der Waals surface area contributed by atoms with Crippen LogP contribution in [-0.2, 0) is 16.0 Å². The number of benzene rings is 1. The number of hydrogen-bond acceptors (Lipinski definition) is 5. The molecule has 1 heterocycles. The number of carbonyl (C=O) groups excluding carboxylic acids is 2. The molecular weight excluding hydrogens is 398 g/mol. The van der Waals surface area contributed by atoms with Crippen molar-refractivity contribution in [3.05, 3.63) is 59.4 Å². The third-order valence-electron chi connectivity index (χ3n) is 3.67. The number of thiazole rings is 1. The molecule has 2 aromatic rings. The van der Waals surface area contributed by atoms with Crippen molar-refractivity contribution < 1.29 is 18.4 Å². The molecule has 0 radical (unpaired) electrons. The van der Waals surface area contributed by atoms with Gasteiger partial charge in [-0.2, -0.15) is 5.26 Å². The van der Waals surface area contributed by atoms with Crippen LogP contribution < -0.4 is 10.6 Å². The van der Waals surface area contributed by atoms with Gasteiger partial charge in [-0.1, -0.05) is 18.7 Å². The molecule has 0 bridgehead atoms. The van der Waals surface area contributed by atoms with Gasteiger partial charge < -0.3 is 10.6 Å². The summed E-state index contributed by atoms with van der Waals surface area (Å²) in [5, 5.41) is 13.7. The standard InChI is InChI=1S/C20H18F2N4O2S/c1-2-13(9-15(22)5-6-21)14-3-4-16-17(10-14)29-20(26-16)11-18(27)25-12-19(28)24-8-7-23/h2-5,9-10H,1,6,8,11-12H2,(H,24,28)(H,25,27)/b13-9+,15-5+. The Bertz CT molecular complexity index is 1020. The smallest absolute Gasteiger partial charge is 0.240 e. The lowest BCUT2D eigenvalue weighted by molar-refractivity contribution is -0.125. The minimum Gasteiger partial charge on any atom is -0.347 e. The molecule has 0 unspecified atom stereocenters. The molecule has 0 aliphatic rings. The highest BCUT2D eigenvalue weighted by atomic mass is 32.1. The summed E-state index contributed by atoms with van der Waals surface area (Å²) in [5.74, 6) is -1.52. The third-order valence-corrected chi connectivity index (χ3v) is 4.69. The van der Waals surface area contributed by atoms with Crippen LogP contribution in [0.15, 0.2) is 48.8 Å². The Hall–Kier alpha value is -3.38. The van der Waals surface area contributed by atoms with Gasteiger partial charge in [0.05, 0.1) is 29.3 Å². The monoisotopic (exact) mass is 416 g/mol. The number of alkyl halides is 1. The van der Waals surface area contributed by atoms with Gasteiger partial charge in [0.2, 0.25) is 11.8 Å². The van der Waals surface area contributed by atoms with Crippen LogP contribution in [0.25, 0.3) is 15.8 Å². The molecule has 0 fully saturated rings. The molecule has 6 nitrogen and oxygen atoms in total. The third kappa shape index (κ3) is 6.62. The fraction of sp³-hybridized carbons (Fsp3) is 0.200. The summed E-state index contributed by atoms with van der Waals surface area (Å²) in [6, 6.07) is 7.04. The zero-order valence-corrected chi connectivity index (χ0v) is 16.2. The number of halogens is 2. The van der Waals surface area contributed by atoms with Crippen molar-refractivity contribution in [3.63, 3.8) is 0 Å². The Balaban J connectivity index is 2.10. The van der Waals surface area contributed by atoms with Crippen molar-refractivity contribution in [1.82, 2.24) is 15.6 Å². The highest BCUT2D eigenvalue weighted by molar-refractivity contribution is 7.18. The van der Waals surface area contributed by atoms with Gasteiger partial charge in [0, 0.05) is 0 Å². The Morgan fingerprint density at radius 3 is 2.79 bits per heavy atom. The summed E-state index contributed by atoms with van der Waals surface area (Å²) in [5.41, 5.74) is 1.85. The van der Waals surface area contributed by atoms with Crippen molar-refractivity contribution in [2.45, 2.75) is 6.42 Å². The Labute approximate surface area is 170 Å². The van der Waals surface area contributed by atoms with Crippen LogP contribution >= 0.6 is 11.3 Å². The Morgan fingerprint density at radius 1 is 1.31 bits per heavy atom. The first-order chi connectivity index (χ1) is 14.0. The lowest BCUT2D eigenvalue weighted by atomic mass is 10.1. The molecule has 2 N–H and O–H groups in total. The predicted octanol–water partition coefficient (Wildman–Crippen LogP) is 2.99.